The Bertz CT molecular complexity index is 285. The van der Waals surface area contributed by atoms with Gasteiger partial charge in [0, 0.05) is 38.8 Å². The molecule has 21 heavy (non-hydrogen) atoms. The predicted molar refractivity (Wildman–Crippen MR) is 86.7 cm³/mol. The van der Waals surface area contributed by atoms with Gasteiger partial charge >= 0.3 is 0 Å². The topological polar surface area (TPSA) is 24.9 Å². The van der Waals surface area contributed by atoms with Crippen LogP contribution < -0.4 is 0 Å². The molecule has 2 aliphatic rings. The Morgan fingerprint density at radius 2 is 1.71 bits per heavy atom. The zero-order chi connectivity index (χ0) is 15.2. The number of hydrogen-bond acceptors (Lipinski definition) is 4. The maximum absolute atomic E-state index is 6.22. The molecule has 4 nitrogen and oxygen atoms in total. The fourth-order valence-corrected chi connectivity index (χ4v) is 3.02. The van der Waals surface area contributed by atoms with Crippen LogP contribution in [0, 0.1) is 0 Å². The minimum atomic E-state index is 0.397. The first-order valence-corrected chi connectivity index (χ1v) is 8.82. The van der Waals surface area contributed by atoms with E-state index in [2.05, 4.69) is 37.5 Å². The van der Waals surface area contributed by atoms with Gasteiger partial charge in [-0.3, -0.25) is 4.90 Å². The van der Waals surface area contributed by atoms with Crippen LogP contribution in [0.1, 0.15) is 47.0 Å². The lowest BCUT2D eigenvalue weighted by Crippen LogP contribution is -2.56. The van der Waals surface area contributed by atoms with Crippen molar-refractivity contribution in [3.8, 4) is 0 Å². The molecule has 0 radical (unpaired) electrons. The van der Waals surface area contributed by atoms with E-state index in [0.717, 1.165) is 45.8 Å². The highest BCUT2D eigenvalue weighted by Crippen LogP contribution is 2.21. The van der Waals surface area contributed by atoms with Gasteiger partial charge < -0.3 is 14.4 Å². The fraction of sp³-hybridized carbons (Fsp3) is 1.00. The maximum atomic E-state index is 6.22. The number of hydrogen-bond donors (Lipinski definition) is 0. The molecule has 2 fully saturated rings. The largest absolute Gasteiger partial charge is 0.377 e. The normalized spacial score (nSPS) is 24.4. The van der Waals surface area contributed by atoms with Gasteiger partial charge in [-0.2, -0.15) is 0 Å². The van der Waals surface area contributed by atoms with Crippen LogP contribution in [-0.4, -0.2) is 73.5 Å². The molecule has 2 aliphatic heterocycles. The van der Waals surface area contributed by atoms with Crippen LogP contribution in [0.3, 0.4) is 0 Å². The van der Waals surface area contributed by atoms with E-state index in [0.29, 0.717) is 24.4 Å². The molecular formula is C17H34N2O2. The Kier molecular flexibility index (Phi) is 6.93. The van der Waals surface area contributed by atoms with Crippen molar-refractivity contribution in [2.24, 2.45) is 0 Å². The van der Waals surface area contributed by atoms with Crippen LogP contribution in [0.5, 0.6) is 0 Å². The zero-order valence-corrected chi connectivity index (χ0v) is 14.4. The number of rotatable bonds is 8. The summed E-state index contributed by atoms with van der Waals surface area (Å²) >= 11 is 0. The summed E-state index contributed by atoms with van der Waals surface area (Å²) in [5.74, 6) is 0. The Balaban J connectivity index is 1.53. The average Bonchev–Trinajstić information content (AvgIpc) is 2.43. The SMILES string of the molecule is CCC(C)OCCN1CCC(OC2CN(C(C)C)C2)CC1. The molecule has 0 aromatic heterocycles. The average molecular weight is 298 g/mol. The van der Waals surface area contributed by atoms with Crippen molar-refractivity contribution in [2.75, 3.05) is 39.3 Å². The molecule has 0 aliphatic carbocycles. The number of likely N-dealkylation sites (tertiary alicyclic amines) is 2. The van der Waals surface area contributed by atoms with Crippen molar-refractivity contribution in [1.82, 2.24) is 9.80 Å². The summed E-state index contributed by atoms with van der Waals surface area (Å²) in [7, 11) is 0. The standard InChI is InChI=1S/C17H34N2O2/c1-5-15(4)20-11-10-18-8-6-16(7-9-18)21-17-12-19(13-17)14(2)3/h14-17H,5-13H2,1-4H3. The lowest BCUT2D eigenvalue weighted by molar-refractivity contribution is -0.115. The second kappa shape index (κ2) is 8.47. The summed E-state index contributed by atoms with van der Waals surface area (Å²) in [5.41, 5.74) is 0. The Morgan fingerprint density at radius 3 is 2.29 bits per heavy atom. The second-order valence-electron chi connectivity index (χ2n) is 6.94. The van der Waals surface area contributed by atoms with E-state index in [-0.39, 0.29) is 0 Å². The maximum Gasteiger partial charge on any atom is 0.0832 e. The molecule has 0 N–H and O–H groups in total. The number of piperidine rings is 1. The van der Waals surface area contributed by atoms with Crippen molar-refractivity contribution in [3.05, 3.63) is 0 Å². The van der Waals surface area contributed by atoms with Gasteiger partial charge in [-0.25, -0.2) is 0 Å². The molecule has 0 spiro atoms. The van der Waals surface area contributed by atoms with Gasteiger partial charge in [0.25, 0.3) is 0 Å². The second-order valence-corrected chi connectivity index (χ2v) is 6.94. The molecule has 0 bridgehead atoms. The molecule has 0 aromatic carbocycles. The first-order chi connectivity index (χ1) is 10.1. The number of nitrogens with zero attached hydrogens (tertiary/aromatic N) is 2. The lowest BCUT2D eigenvalue weighted by Gasteiger charge is -2.44. The minimum Gasteiger partial charge on any atom is -0.377 e. The molecule has 1 unspecified atom stereocenters. The van der Waals surface area contributed by atoms with Crippen LogP contribution in [-0.2, 0) is 9.47 Å². The third kappa shape index (κ3) is 5.51. The van der Waals surface area contributed by atoms with Crippen molar-refractivity contribution in [1.29, 1.82) is 0 Å². The highest BCUT2D eigenvalue weighted by Gasteiger charge is 2.32. The summed E-state index contributed by atoms with van der Waals surface area (Å²) < 4.78 is 12.0. The Hall–Kier alpha value is -0.160. The third-order valence-electron chi connectivity index (χ3n) is 4.91. The van der Waals surface area contributed by atoms with Gasteiger partial charge in [-0.05, 0) is 40.0 Å². The monoisotopic (exact) mass is 298 g/mol. The Labute approximate surface area is 130 Å². The fourth-order valence-electron chi connectivity index (χ4n) is 3.02. The van der Waals surface area contributed by atoms with Crippen LogP contribution in [0.15, 0.2) is 0 Å². The van der Waals surface area contributed by atoms with Gasteiger partial charge in [-0.1, -0.05) is 6.92 Å². The molecule has 4 heteroatoms. The highest BCUT2D eigenvalue weighted by molar-refractivity contribution is 4.85. The van der Waals surface area contributed by atoms with Gasteiger partial charge in [0.15, 0.2) is 0 Å². The smallest absolute Gasteiger partial charge is 0.0832 e. The predicted octanol–water partition coefficient (Wildman–Crippen LogP) is 2.38. The van der Waals surface area contributed by atoms with Gasteiger partial charge in [0.1, 0.15) is 0 Å². The van der Waals surface area contributed by atoms with E-state index in [1.165, 1.54) is 12.8 Å². The molecule has 0 amide bonds. The van der Waals surface area contributed by atoms with E-state index in [4.69, 9.17) is 9.47 Å². The summed E-state index contributed by atoms with van der Waals surface area (Å²) in [6.07, 6.45) is 4.83. The zero-order valence-electron chi connectivity index (χ0n) is 14.4. The van der Waals surface area contributed by atoms with Crippen molar-refractivity contribution < 1.29 is 9.47 Å². The number of ether oxygens (including phenoxy) is 2. The van der Waals surface area contributed by atoms with Crippen molar-refractivity contribution in [3.63, 3.8) is 0 Å². The highest BCUT2D eigenvalue weighted by atomic mass is 16.5. The third-order valence-corrected chi connectivity index (χ3v) is 4.91. The molecule has 124 valence electrons. The summed E-state index contributed by atoms with van der Waals surface area (Å²) in [6, 6.07) is 0.664. The van der Waals surface area contributed by atoms with E-state index < -0.39 is 0 Å². The first-order valence-electron chi connectivity index (χ1n) is 8.82. The van der Waals surface area contributed by atoms with E-state index in [9.17, 15) is 0 Å². The first kappa shape index (κ1) is 17.2. The lowest BCUT2D eigenvalue weighted by atomic mass is 10.1. The molecule has 2 rings (SSSR count). The van der Waals surface area contributed by atoms with Crippen molar-refractivity contribution in [2.45, 2.75) is 71.3 Å². The van der Waals surface area contributed by atoms with E-state index in [1.54, 1.807) is 0 Å². The summed E-state index contributed by atoms with van der Waals surface area (Å²) in [4.78, 5) is 5.00. The molecule has 1 atom stereocenters. The van der Waals surface area contributed by atoms with Gasteiger partial charge in [-0.15, -0.1) is 0 Å². The Morgan fingerprint density at radius 1 is 1.05 bits per heavy atom. The van der Waals surface area contributed by atoms with Gasteiger partial charge in [0.2, 0.25) is 0 Å². The molecule has 0 aromatic rings. The van der Waals surface area contributed by atoms with Crippen molar-refractivity contribution >= 4 is 0 Å². The molecular weight excluding hydrogens is 264 g/mol. The van der Waals surface area contributed by atoms with Crippen LogP contribution in [0.25, 0.3) is 0 Å². The summed E-state index contributed by atoms with van der Waals surface area (Å²) in [6.45, 7) is 15.4. The minimum absolute atomic E-state index is 0.397. The molecule has 2 heterocycles. The summed E-state index contributed by atoms with van der Waals surface area (Å²) in [5, 5.41) is 0. The van der Waals surface area contributed by atoms with Crippen LogP contribution in [0.4, 0.5) is 0 Å². The van der Waals surface area contributed by atoms with Gasteiger partial charge in [0.05, 0.1) is 24.9 Å². The van der Waals surface area contributed by atoms with E-state index >= 15 is 0 Å². The van der Waals surface area contributed by atoms with Crippen LogP contribution >= 0.6 is 0 Å². The quantitative estimate of drug-likeness (QED) is 0.687. The van der Waals surface area contributed by atoms with Crippen LogP contribution in [0.2, 0.25) is 0 Å². The van der Waals surface area contributed by atoms with E-state index in [1.807, 2.05) is 0 Å². The molecule has 0 saturated carbocycles. The molecule has 2 saturated heterocycles.